The van der Waals surface area contributed by atoms with E-state index in [0.717, 1.165) is 16.8 Å². The van der Waals surface area contributed by atoms with Crippen LogP contribution in [-0.4, -0.2) is 23.4 Å². The van der Waals surface area contributed by atoms with Crippen LogP contribution >= 0.6 is 11.6 Å². The van der Waals surface area contributed by atoms with Crippen LogP contribution in [0.4, 0.5) is 6.01 Å². The fraction of sp³-hybridized carbons (Fsp3) is 0.150. The molecule has 0 aliphatic carbocycles. The van der Waals surface area contributed by atoms with Crippen LogP contribution in [0, 0.1) is 0 Å². The number of rotatable bonds is 2. The number of nitrogens with zero attached hydrogens (tertiary/aromatic N) is 2. The molecule has 1 amide bonds. The number of hydrogen-bond donors (Lipinski definition) is 3. The van der Waals surface area contributed by atoms with Crippen molar-refractivity contribution >= 4 is 40.6 Å². The Morgan fingerprint density at radius 1 is 1.14 bits per heavy atom. The minimum absolute atomic E-state index is 0.136. The zero-order valence-corrected chi connectivity index (χ0v) is 15.5. The van der Waals surface area contributed by atoms with Gasteiger partial charge in [-0.15, -0.1) is 0 Å². The Hall–Kier alpha value is -3.32. The molecule has 1 aromatic heterocycles. The molecule has 1 atom stereocenters. The Labute approximate surface area is 165 Å². The third kappa shape index (κ3) is 2.90. The molecule has 0 radical (unpaired) electrons. The molecule has 5 rings (SSSR count). The molecule has 0 spiro atoms. The van der Waals surface area contributed by atoms with Gasteiger partial charge in [0.25, 0.3) is 5.91 Å². The van der Waals surface area contributed by atoms with Crippen molar-refractivity contribution < 1.29 is 9.21 Å². The topological polar surface area (TPSA) is 91.5 Å². The molecule has 0 fully saturated rings. The van der Waals surface area contributed by atoms with Crippen LogP contribution < -0.4 is 16.0 Å². The van der Waals surface area contributed by atoms with E-state index in [2.05, 4.69) is 20.9 Å². The molecule has 140 valence electrons. The van der Waals surface area contributed by atoms with Crippen molar-refractivity contribution in [2.75, 3.05) is 11.9 Å². The maximum absolute atomic E-state index is 12.5. The van der Waals surface area contributed by atoms with Crippen LogP contribution in [0.1, 0.15) is 18.0 Å². The van der Waals surface area contributed by atoms with Crippen LogP contribution in [0.25, 0.3) is 11.1 Å². The highest BCUT2D eigenvalue weighted by molar-refractivity contribution is 6.31. The quantitative estimate of drug-likeness (QED) is 0.621. The average molecular weight is 394 g/mol. The molecule has 1 unspecified atom stereocenters. The van der Waals surface area contributed by atoms with E-state index >= 15 is 0 Å². The number of carbonyl (C=O) groups excluding carboxylic acids is 1. The number of aromatic nitrogens is 1. The molecule has 8 heteroatoms. The molecular weight excluding hydrogens is 378 g/mol. The molecule has 28 heavy (non-hydrogen) atoms. The van der Waals surface area contributed by atoms with Gasteiger partial charge in [0, 0.05) is 29.2 Å². The standard InChI is InChI=1S/C20H16ClN5O2/c21-12-6-2-1-5-11(12)17-16-14(9-10-22-18(16)27)23-19(25-17)26-20-24-13-7-3-4-8-15(13)28-20/h1-8,17H,9-10H2,(H,22,27)(H2,23,24,25,26). The van der Waals surface area contributed by atoms with Crippen LogP contribution in [0.15, 0.2) is 69.2 Å². The van der Waals surface area contributed by atoms with Gasteiger partial charge in [0.2, 0.25) is 5.96 Å². The summed E-state index contributed by atoms with van der Waals surface area (Å²) in [6, 6.07) is 14.7. The first-order chi connectivity index (χ1) is 13.7. The van der Waals surface area contributed by atoms with Gasteiger partial charge >= 0.3 is 6.01 Å². The predicted molar refractivity (Wildman–Crippen MR) is 107 cm³/mol. The predicted octanol–water partition coefficient (Wildman–Crippen LogP) is 3.37. The van der Waals surface area contributed by atoms with Gasteiger partial charge in [-0.2, -0.15) is 4.98 Å². The maximum Gasteiger partial charge on any atom is 0.302 e. The third-order valence-corrected chi connectivity index (χ3v) is 5.09. The van der Waals surface area contributed by atoms with E-state index in [1.54, 1.807) is 6.07 Å². The molecule has 0 bridgehead atoms. The van der Waals surface area contributed by atoms with E-state index in [9.17, 15) is 4.79 Å². The number of fused-ring (bicyclic) bond motifs is 1. The molecule has 0 saturated carbocycles. The number of nitrogens with one attached hydrogen (secondary N) is 3. The monoisotopic (exact) mass is 393 g/mol. The van der Waals surface area contributed by atoms with E-state index in [1.807, 2.05) is 42.5 Å². The lowest BCUT2D eigenvalue weighted by atomic mass is 9.92. The zero-order chi connectivity index (χ0) is 19.1. The number of aliphatic imine (C=N–C) groups is 1. The Kier molecular flexibility index (Phi) is 4.02. The number of amides is 1. The minimum Gasteiger partial charge on any atom is -0.423 e. The fourth-order valence-electron chi connectivity index (χ4n) is 3.47. The summed E-state index contributed by atoms with van der Waals surface area (Å²) < 4.78 is 5.73. The van der Waals surface area contributed by atoms with Gasteiger partial charge in [0.05, 0.1) is 5.57 Å². The Morgan fingerprint density at radius 2 is 1.96 bits per heavy atom. The molecule has 2 aromatic carbocycles. The van der Waals surface area contributed by atoms with E-state index in [0.29, 0.717) is 41.1 Å². The number of benzene rings is 2. The maximum atomic E-state index is 12.5. The number of hydrogen-bond acceptors (Lipinski definition) is 6. The first-order valence-electron chi connectivity index (χ1n) is 8.92. The number of carbonyl (C=O) groups is 1. The van der Waals surface area contributed by atoms with Gasteiger partial charge in [-0.05, 0) is 18.2 Å². The molecule has 3 aromatic rings. The van der Waals surface area contributed by atoms with Gasteiger partial charge in [-0.1, -0.05) is 41.9 Å². The lowest BCUT2D eigenvalue weighted by molar-refractivity contribution is -0.118. The van der Waals surface area contributed by atoms with Gasteiger partial charge in [-0.3, -0.25) is 10.1 Å². The highest BCUT2D eigenvalue weighted by atomic mass is 35.5. The number of oxazole rings is 1. The Bertz CT molecular complexity index is 1120. The van der Waals surface area contributed by atoms with E-state index in [-0.39, 0.29) is 5.91 Å². The molecule has 3 heterocycles. The zero-order valence-electron chi connectivity index (χ0n) is 14.7. The summed E-state index contributed by atoms with van der Waals surface area (Å²) in [7, 11) is 0. The largest absolute Gasteiger partial charge is 0.423 e. The Morgan fingerprint density at radius 3 is 2.82 bits per heavy atom. The molecule has 2 aliphatic heterocycles. The summed E-state index contributed by atoms with van der Waals surface area (Å²) in [5.74, 6) is 0.327. The summed E-state index contributed by atoms with van der Waals surface area (Å²) in [5, 5.41) is 9.74. The summed E-state index contributed by atoms with van der Waals surface area (Å²) in [6.07, 6.45) is 0.677. The van der Waals surface area contributed by atoms with Crippen molar-refractivity contribution in [1.82, 2.24) is 15.6 Å². The van der Waals surface area contributed by atoms with Crippen molar-refractivity contribution in [3.8, 4) is 0 Å². The molecule has 0 saturated heterocycles. The van der Waals surface area contributed by atoms with Crippen LogP contribution in [-0.2, 0) is 4.79 Å². The first-order valence-corrected chi connectivity index (χ1v) is 9.30. The Balaban J connectivity index is 1.54. The molecule has 2 aliphatic rings. The highest BCUT2D eigenvalue weighted by Gasteiger charge is 2.34. The highest BCUT2D eigenvalue weighted by Crippen LogP contribution is 2.36. The van der Waals surface area contributed by atoms with Crippen molar-refractivity contribution in [3.63, 3.8) is 0 Å². The number of para-hydroxylation sites is 2. The van der Waals surface area contributed by atoms with Gasteiger partial charge < -0.3 is 15.1 Å². The lowest BCUT2D eigenvalue weighted by Gasteiger charge is -2.31. The van der Waals surface area contributed by atoms with Crippen LogP contribution in [0.5, 0.6) is 0 Å². The van der Waals surface area contributed by atoms with Crippen molar-refractivity contribution in [1.29, 1.82) is 0 Å². The second-order valence-corrected chi connectivity index (χ2v) is 6.94. The average Bonchev–Trinajstić information content (AvgIpc) is 3.10. The molecule has 7 nitrogen and oxygen atoms in total. The third-order valence-electron chi connectivity index (χ3n) is 4.75. The van der Waals surface area contributed by atoms with Crippen LogP contribution in [0.2, 0.25) is 5.02 Å². The fourth-order valence-corrected chi connectivity index (χ4v) is 3.71. The number of guanidine groups is 1. The number of halogens is 1. The normalized spacial score (nSPS) is 19.0. The van der Waals surface area contributed by atoms with E-state index in [1.165, 1.54) is 0 Å². The first kappa shape index (κ1) is 16.8. The van der Waals surface area contributed by atoms with E-state index in [4.69, 9.17) is 21.0 Å². The van der Waals surface area contributed by atoms with Crippen molar-refractivity contribution in [2.45, 2.75) is 12.5 Å². The van der Waals surface area contributed by atoms with Gasteiger partial charge in [0.1, 0.15) is 11.6 Å². The summed E-state index contributed by atoms with van der Waals surface area (Å²) >= 11 is 6.40. The lowest BCUT2D eigenvalue weighted by Crippen LogP contribution is -2.44. The summed E-state index contributed by atoms with van der Waals surface area (Å²) in [4.78, 5) is 21.7. The summed E-state index contributed by atoms with van der Waals surface area (Å²) in [5.41, 5.74) is 3.61. The minimum atomic E-state index is -0.517. The second-order valence-electron chi connectivity index (χ2n) is 6.54. The smallest absolute Gasteiger partial charge is 0.302 e. The number of anilines is 1. The molecule has 3 N–H and O–H groups in total. The van der Waals surface area contributed by atoms with Gasteiger partial charge in [-0.25, -0.2) is 4.99 Å². The summed E-state index contributed by atoms with van der Waals surface area (Å²) in [6.45, 7) is 0.566. The van der Waals surface area contributed by atoms with Gasteiger partial charge in [0.15, 0.2) is 5.58 Å². The van der Waals surface area contributed by atoms with Crippen molar-refractivity contribution in [3.05, 3.63) is 70.4 Å². The molecular formula is C20H16ClN5O2. The van der Waals surface area contributed by atoms with Crippen LogP contribution in [0.3, 0.4) is 0 Å². The SMILES string of the molecule is O=C1NCCC2=C1C(c1ccccc1Cl)N=C(Nc1nc3ccccc3o1)N2. The van der Waals surface area contributed by atoms with Crippen molar-refractivity contribution in [2.24, 2.45) is 4.99 Å². The second kappa shape index (κ2) is 6.69. The van der Waals surface area contributed by atoms with E-state index < -0.39 is 6.04 Å².